The Hall–Kier alpha value is -2.44. The fraction of sp³-hybridized carbons (Fsp3) is 0.676. The molecule has 3 aliphatic rings. The van der Waals surface area contributed by atoms with Gasteiger partial charge in [0.2, 0.25) is 5.91 Å². The van der Waals surface area contributed by atoms with E-state index in [1.807, 2.05) is 25.2 Å². The highest BCUT2D eigenvalue weighted by atomic mass is 16.5. The Morgan fingerprint density at radius 2 is 1.60 bits per heavy atom. The number of unbranched alkanes of at least 4 members (excludes halogenated alkanes) is 6. The third kappa shape index (κ3) is 11.2. The van der Waals surface area contributed by atoms with Gasteiger partial charge in [-0.05, 0) is 82.4 Å². The van der Waals surface area contributed by atoms with Crippen LogP contribution in [-0.2, 0) is 20.7 Å². The van der Waals surface area contributed by atoms with Crippen LogP contribution in [0.15, 0.2) is 48.1 Å². The maximum absolute atomic E-state index is 13.0. The molecule has 2 unspecified atom stereocenters. The number of fused-ring (bicyclic) bond motifs is 2. The molecule has 6 heteroatoms. The smallest absolute Gasteiger partial charge is 0.220 e. The molecule has 1 aromatic carbocycles. The molecule has 43 heavy (non-hydrogen) atoms. The number of nitrogens with one attached hydrogen (secondary N) is 1. The summed E-state index contributed by atoms with van der Waals surface area (Å²) < 4.78 is 11.6. The summed E-state index contributed by atoms with van der Waals surface area (Å²) in [7, 11) is 0. The molecule has 0 aromatic heterocycles. The summed E-state index contributed by atoms with van der Waals surface area (Å²) >= 11 is 0. The zero-order chi connectivity index (χ0) is 30.3. The SMILES string of the molecule is CCCCCCCOc1ccc(CC(CN2C3CCC2CC3)NC(=O)CCCCCC(=O)C2=CCC(OCC)C=C2)cc1. The largest absolute Gasteiger partial charge is 0.494 e. The van der Waals surface area contributed by atoms with Crippen molar-refractivity contribution in [2.24, 2.45) is 0 Å². The van der Waals surface area contributed by atoms with Crippen LogP contribution in [0, 0.1) is 0 Å². The quantitative estimate of drug-likeness (QED) is 0.150. The monoisotopic (exact) mass is 592 g/mol. The first-order chi connectivity index (χ1) is 21.1. The van der Waals surface area contributed by atoms with Crippen LogP contribution in [0.1, 0.15) is 116 Å². The summed E-state index contributed by atoms with van der Waals surface area (Å²) in [4.78, 5) is 28.3. The van der Waals surface area contributed by atoms with Gasteiger partial charge in [-0.1, -0.05) is 69.4 Å². The molecule has 0 radical (unpaired) electrons. The molecule has 2 aliphatic heterocycles. The van der Waals surface area contributed by atoms with Crippen molar-refractivity contribution < 1.29 is 19.1 Å². The van der Waals surface area contributed by atoms with E-state index in [-0.39, 0.29) is 23.8 Å². The molecule has 0 saturated carbocycles. The van der Waals surface area contributed by atoms with Crippen LogP contribution in [0.4, 0.5) is 0 Å². The summed E-state index contributed by atoms with van der Waals surface area (Å²) in [5.41, 5.74) is 2.04. The van der Waals surface area contributed by atoms with E-state index in [0.717, 1.165) is 63.0 Å². The van der Waals surface area contributed by atoms with E-state index in [4.69, 9.17) is 9.47 Å². The average molecular weight is 593 g/mol. The van der Waals surface area contributed by atoms with Gasteiger partial charge in [0, 0.05) is 49.7 Å². The summed E-state index contributed by atoms with van der Waals surface area (Å²) in [6.07, 6.45) is 22.5. The highest BCUT2D eigenvalue weighted by Gasteiger charge is 2.40. The number of benzene rings is 1. The lowest BCUT2D eigenvalue weighted by atomic mass is 9.98. The Labute approximate surface area is 260 Å². The number of allylic oxidation sites excluding steroid dienone is 2. The number of carbonyl (C=O) groups excluding carboxylic acids is 2. The molecule has 4 rings (SSSR count). The van der Waals surface area contributed by atoms with Gasteiger partial charge in [0.1, 0.15) is 5.75 Å². The standard InChI is InChI=1S/C37H56N2O4/c1-3-5-6-7-11-26-43-35-22-14-29(15-23-35)27-31(28-39-32-18-19-33(39)21-20-32)38-37(41)13-10-8-9-12-36(40)30-16-24-34(25-17-30)42-4-2/h14-17,22-24,31-34H,3-13,18-21,25-28H2,1-2H3,(H,38,41). The second-order valence-corrected chi connectivity index (χ2v) is 12.8. The molecule has 1 N–H and O–H groups in total. The van der Waals surface area contributed by atoms with Crippen molar-refractivity contribution in [1.29, 1.82) is 0 Å². The molecule has 2 fully saturated rings. The van der Waals surface area contributed by atoms with Crippen LogP contribution >= 0.6 is 0 Å². The van der Waals surface area contributed by atoms with Crippen molar-refractivity contribution >= 4 is 11.7 Å². The van der Waals surface area contributed by atoms with Gasteiger partial charge >= 0.3 is 0 Å². The van der Waals surface area contributed by atoms with E-state index in [0.29, 0.717) is 31.5 Å². The lowest BCUT2D eigenvalue weighted by molar-refractivity contribution is -0.122. The minimum absolute atomic E-state index is 0.0906. The van der Waals surface area contributed by atoms with Crippen molar-refractivity contribution in [3.63, 3.8) is 0 Å². The predicted octanol–water partition coefficient (Wildman–Crippen LogP) is 7.50. The maximum Gasteiger partial charge on any atom is 0.220 e. The fourth-order valence-corrected chi connectivity index (χ4v) is 6.97. The van der Waals surface area contributed by atoms with E-state index >= 15 is 0 Å². The maximum atomic E-state index is 13.0. The Balaban J connectivity index is 1.19. The van der Waals surface area contributed by atoms with Crippen LogP contribution in [0.5, 0.6) is 5.75 Å². The second-order valence-electron chi connectivity index (χ2n) is 12.8. The molecule has 2 bridgehead atoms. The summed E-state index contributed by atoms with van der Waals surface area (Å²) in [5.74, 6) is 1.26. The number of nitrogens with zero attached hydrogens (tertiary/aromatic N) is 1. The lowest BCUT2D eigenvalue weighted by Gasteiger charge is -2.28. The zero-order valence-corrected chi connectivity index (χ0v) is 26.9. The van der Waals surface area contributed by atoms with Crippen molar-refractivity contribution in [3.8, 4) is 5.75 Å². The molecule has 2 heterocycles. The van der Waals surface area contributed by atoms with Gasteiger partial charge in [-0.3, -0.25) is 14.5 Å². The Kier molecular flexibility index (Phi) is 14.3. The van der Waals surface area contributed by atoms with Gasteiger partial charge in [0.15, 0.2) is 5.78 Å². The van der Waals surface area contributed by atoms with E-state index in [9.17, 15) is 9.59 Å². The summed E-state index contributed by atoms with van der Waals surface area (Å²) in [6, 6.07) is 9.97. The van der Waals surface area contributed by atoms with Crippen LogP contribution < -0.4 is 10.1 Å². The van der Waals surface area contributed by atoms with Gasteiger partial charge in [-0.2, -0.15) is 0 Å². The number of hydrogen-bond donors (Lipinski definition) is 1. The van der Waals surface area contributed by atoms with Gasteiger partial charge in [-0.15, -0.1) is 0 Å². The molecule has 6 nitrogen and oxygen atoms in total. The first kappa shape index (κ1) is 33.5. The number of Topliss-reactive ketones (excluding diaryl/α,β-unsaturated/α-hetero) is 1. The number of rotatable bonds is 21. The van der Waals surface area contributed by atoms with E-state index < -0.39 is 0 Å². The first-order valence-corrected chi connectivity index (χ1v) is 17.4. The van der Waals surface area contributed by atoms with Crippen LogP contribution in [-0.4, -0.2) is 60.6 Å². The molecule has 2 saturated heterocycles. The van der Waals surface area contributed by atoms with E-state index in [2.05, 4.69) is 41.4 Å². The summed E-state index contributed by atoms with van der Waals surface area (Å²) in [5, 5.41) is 3.39. The highest BCUT2D eigenvalue weighted by Crippen LogP contribution is 2.37. The second kappa shape index (κ2) is 18.4. The molecule has 0 spiro atoms. The third-order valence-corrected chi connectivity index (χ3v) is 9.39. The first-order valence-electron chi connectivity index (χ1n) is 17.4. The van der Waals surface area contributed by atoms with Gasteiger partial charge in [0.25, 0.3) is 0 Å². The van der Waals surface area contributed by atoms with E-state index in [1.54, 1.807) is 0 Å². The van der Waals surface area contributed by atoms with Crippen molar-refractivity contribution in [1.82, 2.24) is 10.2 Å². The highest BCUT2D eigenvalue weighted by molar-refractivity contribution is 5.98. The van der Waals surface area contributed by atoms with Crippen LogP contribution in [0.3, 0.4) is 0 Å². The van der Waals surface area contributed by atoms with Crippen molar-refractivity contribution in [3.05, 3.63) is 53.6 Å². The molecule has 238 valence electrons. The van der Waals surface area contributed by atoms with Gasteiger partial charge in [-0.25, -0.2) is 0 Å². The topological polar surface area (TPSA) is 67.9 Å². The Bertz CT molecular complexity index is 1030. The van der Waals surface area contributed by atoms with E-state index in [1.165, 1.54) is 56.9 Å². The van der Waals surface area contributed by atoms with Gasteiger partial charge < -0.3 is 14.8 Å². The number of ether oxygens (including phenoxy) is 2. The fourth-order valence-electron chi connectivity index (χ4n) is 6.97. The molecule has 1 aromatic rings. The van der Waals surface area contributed by atoms with Gasteiger partial charge in [0.05, 0.1) is 12.7 Å². The molecular weight excluding hydrogens is 536 g/mol. The number of hydrogen-bond acceptors (Lipinski definition) is 5. The number of carbonyl (C=O) groups is 2. The van der Waals surface area contributed by atoms with Crippen LogP contribution in [0.25, 0.3) is 0 Å². The third-order valence-electron chi connectivity index (χ3n) is 9.39. The lowest BCUT2D eigenvalue weighted by Crippen LogP contribution is -2.46. The molecule has 1 amide bonds. The predicted molar refractivity (Wildman–Crippen MR) is 174 cm³/mol. The molecule has 2 atom stereocenters. The Morgan fingerprint density at radius 3 is 2.28 bits per heavy atom. The minimum atomic E-state index is 0.0906. The number of amides is 1. The zero-order valence-electron chi connectivity index (χ0n) is 26.9. The average Bonchev–Trinajstić information content (AvgIpc) is 3.58. The normalized spacial score (nSPS) is 22.0. The number of ketones is 1. The van der Waals surface area contributed by atoms with Crippen LogP contribution in [0.2, 0.25) is 0 Å². The Morgan fingerprint density at radius 1 is 0.907 bits per heavy atom. The molecular formula is C37H56N2O4. The van der Waals surface area contributed by atoms with Crippen molar-refractivity contribution in [2.45, 2.75) is 141 Å². The summed E-state index contributed by atoms with van der Waals surface area (Å²) in [6.45, 7) is 6.61. The molecule has 1 aliphatic carbocycles. The minimum Gasteiger partial charge on any atom is -0.494 e. The van der Waals surface area contributed by atoms with Crippen molar-refractivity contribution in [2.75, 3.05) is 19.8 Å².